The fourth-order valence-electron chi connectivity index (χ4n) is 3.11. The van der Waals surface area contributed by atoms with Gasteiger partial charge in [-0.25, -0.2) is 18.7 Å². The van der Waals surface area contributed by atoms with Crippen LogP contribution in [0.15, 0.2) is 65.6 Å². The van der Waals surface area contributed by atoms with Crippen molar-refractivity contribution in [2.45, 2.75) is 6.42 Å². The molecule has 0 aliphatic rings. The largest absolute Gasteiger partial charge is 0.496 e. The fourth-order valence-corrected chi connectivity index (χ4v) is 3.11. The third-order valence-corrected chi connectivity index (χ3v) is 4.51. The zero-order valence-electron chi connectivity index (χ0n) is 16.3. The Bertz CT molecular complexity index is 1230. The predicted octanol–water partition coefficient (Wildman–Crippen LogP) is 4.27. The Morgan fingerprint density at radius 2 is 2.00 bits per heavy atom. The Morgan fingerprint density at radius 3 is 2.74 bits per heavy atom. The van der Waals surface area contributed by atoms with Crippen LogP contribution in [0.2, 0.25) is 0 Å². The van der Waals surface area contributed by atoms with Crippen molar-refractivity contribution in [3.63, 3.8) is 0 Å². The molecule has 0 saturated heterocycles. The lowest BCUT2D eigenvalue weighted by Gasteiger charge is -2.08. The van der Waals surface area contributed by atoms with Crippen molar-refractivity contribution >= 4 is 11.8 Å². The van der Waals surface area contributed by atoms with Crippen molar-refractivity contribution in [3.05, 3.63) is 78.3 Å². The Kier molecular flexibility index (Phi) is 5.65. The second kappa shape index (κ2) is 8.70. The van der Waals surface area contributed by atoms with Gasteiger partial charge in [0.2, 0.25) is 11.8 Å². The molecule has 0 unspecified atom stereocenters. The number of ether oxygens (including phenoxy) is 1. The van der Waals surface area contributed by atoms with Gasteiger partial charge in [0.15, 0.2) is 0 Å². The number of para-hydroxylation sites is 1. The summed E-state index contributed by atoms with van der Waals surface area (Å²) >= 11 is 0. The van der Waals surface area contributed by atoms with E-state index < -0.39 is 17.5 Å². The zero-order valence-corrected chi connectivity index (χ0v) is 16.3. The quantitative estimate of drug-likeness (QED) is 0.499. The fraction of sp³-hybridized carbons (Fsp3) is 0.0909. The van der Waals surface area contributed by atoms with Gasteiger partial charge in [-0.2, -0.15) is 0 Å². The minimum absolute atomic E-state index is 0.00369. The van der Waals surface area contributed by atoms with Crippen molar-refractivity contribution in [1.82, 2.24) is 15.1 Å². The van der Waals surface area contributed by atoms with Gasteiger partial charge < -0.3 is 9.26 Å². The van der Waals surface area contributed by atoms with Crippen LogP contribution < -0.4 is 10.1 Å². The Balaban J connectivity index is 1.71. The molecule has 0 spiro atoms. The van der Waals surface area contributed by atoms with Gasteiger partial charge in [0, 0.05) is 23.4 Å². The SMILES string of the molecule is COc1ccccc1CC(=O)Nc1onc(-c2ccc(F)cc2F)c1-c1ccncn1. The van der Waals surface area contributed by atoms with E-state index in [4.69, 9.17) is 9.26 Å². The van der Waals surface area contributed by atoms with Gasteiger partial charge in [0.05, 0.1) is 24.8 Å². The molecule has 4 aromatic rings. The van der Waals surface area contributed by atoms with Crippen LogP contribution in [0.1, 0.15) is 5.56 Å². The Labute approximate surface area is 175 Å². The maximum absolute atomic E-state index is 14.4. The van der Waals surface area contributed by atoms with E-state index in [0.717, 1.165) is 12.1 Å². The average Bonchev–Trinajstić information content (AvgIpc) is 3.17. The zero-order chi connectivity index (χ0) is 21.8. The molecule has 2 heterocycles. The first-order valence-electron chi connectivity index (χ1n) is 9.20. The van der Waals surface area contributed by atoms with Crippen LogP contribution >= 0.6 is 0 Å². The molecule has 0 atom stereocenters. The van der Waals surface area contributed by atoms with E-state index in [0.29, 0.717) is 17.0 Å². The molecule has 0 aliphatic heterocycles. The molecule has 0 aliphatic carbocycles. The Morgan fingerprint density at radius 1 is 1.16 bits per heavy atom. The van der Waals surface area contributed by atoms with Crippen molar-refractivity contribution in [3.8, 4) is 28.3 Å². The van der Waals surface area contributed by atoms with Crippen molar-refractivity contribution in [1.29, 1.82) is 0 Å². The first kappa shape index (κ1) is 20.1. The predicted molar refractivity (Wildman–Crippen MR) is 108 cm³/mol. The van der Waals surface area contributed by atoms with E-state index in [1.165, 1.54) is 25.7 Å². The second-order valence-electron chi connectivity index (χ2n) is 6.49. The van der Waals surface area contributed by atoms with E-state index in [-0.39, 0.29) is 29.1 Å². The number of nitrogens with zero attached hydrogens (tertiary/aromatic N) is 3. The minimum atomic E-state index is -0.824. The first-order valence-corrected chi connectivity index (χ1v) is 9.20. The number of carbonyl (C=O) groups excluding carboxylic acids is 1. The number of hydrogen-bond acceptors (Lipinski definition) is 6. The molecule has 0 saturated carbocycles. The molecule has 1 amide bonds. The van der Waals surface area contributed by atoms with Crippen LogP contribution in [-0.4, -0.2) is 28.1 Å². The molecule has 0 bridgehead atoms. The summed E-state index contributed by atoms with van der Waals surface area (Å²) in [6, 6.07) is 11.8. The smallest absolute Gasteiger partial charge is 0.241 e. The summed E-state index contributed by atoms with van der Waals surface area (Å²) in [6.45, 7) is 0. The highest BCUT2D eigenvalue weighted by Crippen LogP contribution is 2.37. The highest BCUT2D eigenvalue weighted by atomic mass is 19.1. The summed E-state index contributed by atoms with van der Waals surface area (Å²) in [4.78, 5) is 20.7. The Hall–Kier alpha value is -4.14. The third-order valence-electron chi connectivity index (χ3n) is 4.51. The van der Waals surface area contributed by atoms with Crippen molar-refractivity contribution < 1.29 is 22.8 Å². The van der Waals surface area contributed by atoms with E-state index >= 15 is 0 Å². The normalized spacial score (nSPS) is 10.7. The van der Waals surface area contributed by atoms with E-state index in [2.05, 4.69) is 20.4 Å². The van der Waals surface area contributed by atoms with Crippen LogP contribution in [0, 0.1) is 11.6 Å². The summed E-state index contributed by atoms with van der Waals surface area (Å²) in [5.74, 6) is -1.39. The number of halogens is 2. The number of hydrogen-bond donors (Lipinski definition) is 1. The van der Waals surface area contributed by atoms with Crippen LogP contribution in [0.25, 0.3) is 22.5 Å². The number of rotatable bonds is 6. The van der Waals surface area contributed by atoms with Crippen molar-refractivity contribution in [2.24, 2.45) is 0 Å². The molecule has 1 N–H and O–H groups in total. The number of anilines is 1. The van der Waals surface area contributed by atoms with Gasteiger partial charge in [-0.15, -0.1) is 0 Å². The number of amides is 1. The molecule has 2 aromatic heterocycles. The van der Waals surface area contributed by atoms with Gasteiger partial charge in [-0.1, -0.05) is 23.4 Å². The molecular weight excluding hydrogens is 406 g/mol. The standard InChI is InChI=1S/C22H16F2N4O3/c1-30-18-5-3-2-4-13(18)10-19(29)27-22-20(17-8-9-25-12-26-17)21(28-31-22)15-7-6-14(23)11-16(15)24/h2-9,11-12H,10H2,1H3,(H,27,29). The summed E-state index contributed by atoms with van der Waals surface area (Å²) < 4.78 is 38.4. The molecule has 7 nitrogen and oxygen atoms in total. The minimum Gasteiger partial charge on any atom is -0.496 e. The third kappa shape index (κ3) is 4.25. The molecule has 31 heavy (non-hydrogen) atoms. The number of nitrogens with one attached hydrogen (secondary N) is 1. The monoisotopic (exact) mass is 422 g/mol. The number of methoxy groups -OCH3 is 1. The lowest BCUT2D eigenvalue weighted by atomic mass is 10.0. The lowest BCUT2D eigenvalue weighted by Crippen LogP contribution is -2.15. The average molecular weight is 422 g/mol. The molecule has 156 valence electrons. The molecule has 4 rings (SSSR count). The van der Waals surface area contributed by atoms with E-state index in [1.54, 1.807) is 30.3 Å². The van der Waals surface area contributed by atoms with Gasteiger partial charge in [0.1, 0.15) is 29.4 Å². The lowest BCUT2D eigenvalue weighted by molar-refractivity contribution is -0.115. The number of aromatic nitrogens is 3. The van der Waals surface area contributed by atoms with Gasteiger partial charge in [0.25, 0.3) is 0 Å². The van der Waals surface area contributed by atoms with E-state index in [1.807, 2.05) is 0 Å². The number of carbonyl (C=O) groups is 1. The highest BCUT2D eigenvalue weighted by Gasteiger charge is 2.24. The maximum atomic E-state index is 14.4. The van der Waals surface area contributed by atoms with Crippen LogP contribution in [0.5, 0.6) is 5.75 Å². The summed E-state index contributed by atoms with van der Waals surface area (Å²) in [5.41, 5.74) is 1.35. The summed E-state index contributed by atoms with van der Waals surface area (Å²) in [5, 5.41) is 6.56. The molecule has 0 radical (unpaired) electrons. The van der Waals surface area contributed by atoms with Crippen LogP contribution in [0.4, 0.5) is 14.7 Å². The summed E-state index contributed by atoms with van der Waals surface area (Å²) in [6.07, 6.45) is 2.79. The first-order chi connectivity index (χ1) is 15.1. The van der Waals surface area contributed by atoms with Crippen LogP contribution in [0.3, 0.4) is 0 Å². The molecular formula is C22H16F2N4O3. The van der Waals surface area contributed by atoms with E-state index in [9.17, 15) is 13.6 Å². The van der Waals surface area contributed by atoms with Gasteiger partial charge >= 0.3 is 0 Å². The topological polar surface area (TPSA) is 90.1 Å². The maximum Gasteiger partial charge on any atom is 0.241 e. The number of benzene rings is 2. The van der Waals surface area contributed by atoms with Gasteiger partial charge in [-0.05, 0) is 24.3 Å². The van der Waals surface area contributed by atoms with Crippen molar-refractivity contribution in [2.75, 3.05) is 12.4 Å². The molecule has 2 aromatic carbocycles. The second-order valence-corrected chi connectivity index (χ2v) is 6.49. The van der Waals surface area contributed by atoms with Crippen LogP contribution in [-0.2, 0) is 11.2 Å². The highest BCUT2D eigenvalue weighted by molar-refractivity contribution is 5.97. The summed E-state index contributed by atoms with van der Waals surface area (Å²) in [7, 11) is 1.52. The van der Waals surface area contributed by atoms with Gasteiger partial charge in [-0.3, -0.25) is 10.1 Å². The molecule has 0 fully saturated rings. The molecule has 9 heteroatoms.